The van der Waals surface area contributed by atoms with E-state index in [2.05, 4.69) is 23.5 Å². The van der Waals surface area contributed by atoms with Crippen LogP contribution in [0.3, 0.4) is 0 Å². The van der Waals surface area contributed by atoms with Gasteiger partial charge < -0.3 is 10.1 Å². The van der Waals surface area contributed by atoms with Gasteiger partial charge in [0, 0.05) is 6.54 Å². The zero-order chi connectivity index (χ0) is 15.3. The lowest BCUT2D eigenvalue weighted by Gasteiger charge is -2.25. The molecule has 1 amide bonds. The number of benzene rings is 1. The minimum Gasteiger partial charge on any atom is -0.444 e. The van der Waals surface area contributed by atoms with E-state index in [0.717, 1.165) is 0 Å². The summed E-state index contributed by atoms with van der Waals surface area (Å²) in [6.07, 6.45) is 6.18. The Hall–Kier alpha value is -1.51. The molecule has 0 bridgehead atoms. The molecule has 2 rings (SSSR count). The lowest BCUT2D eigenvalue weighted by atomic mass is 9.82. The van der Waals surface area contributed by atoms with Crippen LogP contribution >= 0.6 is 0 Å². The summed E-state index contributed by atoms with van der Waals surface area (Å²) in [5, 5.41) is 2.87. The molecule has 0 spiro atoms. The minimum absolute atomic E-state index is 0.346. The first-order valence-corrected chi connectivity index (χ1v) is 8.00. The summed E-state index contributed by atoms with van der Waals surface area (Å²) >= 11 is 0. The number of carbonyl (C=O) groups excluding carboxylic acids is 1. The van der Waals surface area contributed by atoms with Crippen LogP contribution in [0.4, 0.5) is 4.79 Å². The van der Waals surface area contributed by atoms with E-state index >= 15 is 0 Å². The van der Waals surface area contributed by atoms with E-state index in [-0.39, 0.29) is 6.09 Å². The van der Waals surface area contributed by atoms with E-state index in [1.165, 1.54) is 43.2 Å². The van der Waals surface area contributed by atoms with Gasteiger partial charge in [-0.2, -0.15) is 0 Å². The standard InChI is InChI=1S/C18H27NO2/c1-18(2,3)21-17(20)19-13-15-11-7-8-12-16(15)14-9-5-4-6-10-14/h7-8,11-12,14H,4-6,9-10,13H2,1-3H3,(H,19,20). The van der Waals surface area contributed by atoms with Crippen molar-refractivity contribution in [2.24, 2.45) is 0 Å². The summed E-state index contributed by atoms with van der Waals surface area (Å²) in [6, 6.07) is 8.46. The van der Waals surface area contributed by atoms with E-state index in [1.54, 1.807) is 0 Å². The molecule has 1 aliphatic carbocycles. The summed E-state index contributed by atoms with van der Waals surface area (Å²) < 4.78 is 5.29. The number of amides is 1. The summed E-state index contributed by atoms with van der Waals surface area (Å²) in [5.74, 6) is 0.649. The van der Waals surface area contributed by atoms with Crippen molar-refractivity contribution < 1.29 is 9.53 Å². The first kappa shape index (κ1) is 15.9. The molecule has 0 aliphatic heterocycles. The maximum absolute atomic E-state index is 11.8. The van der Waals surface area contributed by atoms with Gasteiger partial charge in [0.05, 0.1) is 0 Å². The minimum atomic E-state index is -0.451. The van der Waals surface area contributed by atoms with E-state index in [4.69, 9.17) is 4.74 Å². The average molecular weight is 289 g/mol. The van der Waals surface area contributed by atoms with Crippen LogP contribution in [0.5, 0.6) is 0 Å². The third-order valence-corrected chi connectivity index (χ3v) is 3.92. The molecule has 0 saturated heterocycles. The molecule has 1 N–H and O–H groups in total. The van der Waals surface area contributed by atoms with Crippen LogP contribution in [0.15, 0.2) is 24.3 Å². The van der Waals surface area contributed by atoms with Gasteiger partial charge in [0.2, 0.25) is 0 Å². The Morgan fingerprint density at radius 1 is 1.19 bits per heavy atom. The Kier molecular flexibility index (Phi) is 5.27. The number of nitrogens with one attached hydrogen (secondary N) is 1. The third-order valence-electron chi connectivity index (χ3n) is 3.92. The van der Waals surface area contributed by atoms with Crippen LogP contribution in [0.1, 0.15) is 69.9 Å². The van der Waals surface area contributed by atoms with Crippen LogP contribution < -0.4 is 5.32 Å². The molecule has 3 heteroatoms. The largest absolute Gasteiger partial charge is 0.444 e. The second-order valence-electron chi connectivity index (χ2n) is 6.89. The van der Waals surface area contributed by atoms with E-state index in [1.807, 2.05) is 26.8 Å². The molecule has 21 heavy (non-hydrogen) atoms. The molecule has 0 unspecified atom stereocenters. The average Bonchev–Trinajstić information content (AvgIpc) is 2.45. The van der Waals surface area contributed by atoms with Gasteiger partial charge in [-0.25, -0.2) is 4.79 Å². The first-order valence-electron chi connectivity index (χ1n) is 8.00. The van der Waals surface area contributed by atoms with Crippen molar-refractivity contribution in [1.29, 1.82) is 0 Å². The fourth-order valence-electron chi connectivity index (χ4n) is 2.99. The monoisotopic (exact) mass is 289 g/mol. The molecule has 0 atom stereocenters. The predicted octanol–water partition coefficient (Wildman–Crippen LogP) is 4.76. The molecule has 1 aromatic rings. The number of alkyl carbamates (subject to hydrolysis) is 1. The van der Waals surface area contributed by atoms with Gasteiger partial charge >= 0.3 is 6.09 Å². The molecule has 0 radical (unpaired) electrons. The number of rotatable bonds is 3. The highest BCUT2D eigenvalue weighted by Gasteiger charge is 2.19. The molecule has 0 heterocycles. The summed E-state index contributed by atoms with van der Waals surface area (Å²) in [7, 11) is 0. The van der Waals surface area contributed by atoms with E-state index in [0.29, 0.717) is 12.5 Å². The fourth-order valence-corrected chi connectivity index (χ4v) is 2.99. The van der Waals surface area contributed by atoms with Gasteiger partial charge in [-0.1, -0.05) is 43.5 Å². The van der Waals surface area contributed by atoms with Gasteiger partial charge in [-0.05, 0) is 50.7 Å². The molecule has 116 valence electrons. The van der Waals surface area contributed by atoms with Crippen molar-refractivity contribution in [3.8, 4) is 0 Å². The molecule has 3 nitrogen and oxygen atoms in total. The summed E-state index contributed by atoms with van der Waals surface area (Å²) in [5.41, 5.74) is 2.16. The van der Waals surface area contributed by atoms with Crippen molar-refractivity contribution in [1.82, 2.24) is 5.32 Å². The number of hydrogen-bond acceptors (Lipinski definition) is 2. The molecule has 1 saturated carbocycles. The highest BCUT2D eigenvalue weighted by atomic mass is 16.6. The Morgan fingerprint density at radius 2 is 1.86 bits per heavy atom. The second kappa shape index (κ2) is 6.97. The van der Waals surface area contributed by atoms with Crippen molar-refractivity contribution in [2.75, 3.05) is 0 Å². The molecular formula is C18H27NO2. The maximum Gasteiger partial charge on any atom is 0.407 e. The van der Waals surface area contributed by atoms with Crippen molar-refractivity contribution in [3.05, 3.63) is 35.4 Å². The van der Waals surface area contributed by atoms with Crippen molar-refractivity contribution in [3.63, 3.8) is 0 Å². The van der Waals surface area contributed by atoms with Crippen LogP contribution in [-0.2, 0) is 11.3 Å². The van der Waals surface area contributed by atoms with Crippen LogP contribution in [-0.4, -0.2) is 11.7 Å². The topological polar surface area (TPSA) is 38.3 Å². The molecule has 0 aromatic heterocycles. The Labute approximate surface area is 128 Å². The first-order chi connectivity index (χ1) is 9.96. The van der Waals surface area contributed by atoms with Crippen molar-refractivity contribution in [2.45, 2.75) is 70.9 Å². The predicted molar refractivity (Wildman–Crippen MR) is 85.3 cm³/mol. The third kappa shape index (κ3) is 5.07. The van der Waals surface area contributed by atoms with E-state index in [9.17, 15) is 4.79 Å². The summed E-state index contributed by atoms with van der Waals surface area (Å²) in [4.78, 5) is 11.8. The fraction of sp³-hybridized carbons (Fsp3) is 0.611. The lowest BCUT2D eigenvalue weighted by molar-refractivity contribution is 0.0523. The number of carbonyl (C=O) groups is 1. The van der Waals surface area contributed by atoms with Crippen LogP contribution in [0.25, 0.3) is 0 Å². The maximum atomic E-state index is 11.8. The van der Waals surface area contributed by atoms with Crippen molar-refractivity contribution >= 4 is 6.09 Å². The number of ether oxygens (including phenoxy) is 1. The van der Waals surface area contributed by atoms with E-state index < -0.39 is 5.60 Å². The van der Waals surface area contributed by atoms with Gasteiger partial charge in [-0.3, -0.25) is 0 Å². The summed E-state index contributed by atoms with van der Waals surface area (Å²) in [6.45, 7) is 6.18. The second-order valence-corrected chi connectivity index (χ2v) is 6.89. The molecule has 1 fully saturated rings. The Bertz CT molecular complexity index is 470. The Morgan fingerprint density at radius 3 is 2.52 bits per heavy atom. The molecular weight excluding hydrogens is 262 g/mol. The van der Waals surface area contributed by atoms with Gasteiger partial charge in [0.25, 0.3) is 0 Å². The quantitative estimate of drug-likeness (QED) is 0.871. The van der Waals surface area contributed by atoms with Gasteiger partial charge in [-0.15, -0.1) is 0 Å². The molecule has 1 aliphatic rings. The Balaban J connectivity index is 1.98. The van der Waals surface area contributed by atoms with Gasteiger partial charge in [0.15, 0.2) is 0 Å². The van der Waals surface area contributed by atoms with Gasteiger partial charge in [0.1, 0.15) is 5.60 Å². The molecule has 1 aromatic carbocycles. The van der Waals surface area contributed by atoms with Crippen LogP contribution in [0, 0.1) is 0 Å². The number of hydrogen-bond donors (Lipinski definition) is 1. The zero-order valence-corrected chi connectivity index (χ0v) is 13.4. The smallest absolute Gasteiger partial charge is 0.407 e. The normalized spacial score (nSPS) is 16.5. The highest BCUT2D eigenvalue weighted by Crippen LogP contribution is 2.34. The lowest BCUT2D eigenvalue weighted by Crippen LogP contribution is -2.32. The zero-order valence-electron chi connectivity index (χ0n) is 13.4. The highest BCUT2D eigenvalue weighted by molar-refractivity contribution is 5.67. The SMILES string of the molecule is CC(C)(C)OC(=O)NCc1ccccc1C1CCCCC1. The van der Waals surface area contributed by atoms with Crippen LogP contribution in [0.2, 0.25) is 0 Å².